The zero-order chi connectivity index (χ0) is 18.9. The highest BCUT2D eigenvalue weighted by molar-refractivity contribution is 6.30. The van der Waals surface area contributed by atoms with E-state index >= 15 is 0 Å². The van der Waals surface area contributed by atoms with Crippen LogP contribution in [0.5, 0.6) is 11.5 Å². The van der Waals surface area contributed by atoms with Crippen LogP contribution >= 0.6 is 11.6 Å². The molecule has 0 amide bonds. The largest absolute Gasteiger partial charge is 0.457 e. The van der Waals surface area contributed by atoms with E-state index in [2.05, 4.69) is 66.7 Å². The second kappa shape index (κ2) is 7.18. The fraction of sp³-hybridized carbons (Fsp3) is 0.0769. The third kappa shape index (κ3) is 3.19. The van der Waals surface area contributed by atoms with Crippen molar-refractivity contribution in [2.24, 2.45) is 0 Å². The first-order valence-electron chi connectivity index (χ1n) is 9.48. The fourth-order valence-corrected chi connectivity index (χ4v) is 4.13. The number of ether oxygens (including phenoxy) is 1. The van der Waals surface area contributed by atoms with Gasteiger partial charge in [-0.2, -0.15) is 0 Å². The van der Waals surface area contributed by atoms with Gasteiger partial charge in [0.1, 0.15) is 11.5 Å². The monoisotopic (exact) mass is 382 g/mol. The highest BCUT2D eigenvalue weighted by Crippen LogP contribution is 2.37. The molecule has 5 rings (SSSR count). The zero-order valence-corrected chi connectivity index (χ0v) is 16.1. The minimum absolute atomic E-state index is 0.757. The topological polar surface area (TPSA) is 9.23 Å². The summed E-state index contributed by atoms with van der Waals surface area (Å²) in [6, 6.07) is 31.4. The van der Waals surface area contributed by atoms with Crippen LogP contribution < -0.4 is 4.74 Å². The maximum Gasteiger partial charge on any atom is 0.130 e. The van der Waals surface area contributed by atoms with Gasteiger partial charge in [-0.15, -0.1) is 0 Å². The summed E-state index contributed by atoms with van der Waals surface area (Å²) < 4.78 is 6.40. The van der Waals surface area contributed by atoms with Crippen molar-refractivity contribution in [3.8, 4) is 22.6 Å². The molecule has 28 heavy (non-hydrogen) atoms. The molecule has 0 aromatic heterocycles. The van der Waals surface area contributed by atoms with Crippen LogP contribution in [-0.4, -0.2) is 0 Å². The van der Waals surface area contributed by atoms with Crippen molar-refractivity contribution < 1.29 is 4.74 Å². The van der Waals surface area contributed by atoms with Crippen molar-refractivity contribution in [2.75, 3.05) is 0 Å². The number of hydrogen-bond donors (Lipinski definition) is 0. The molecule has 0 fully saturated rings. The van der Waals surface area contributed by atoms with Crippen molar-refractivity contribution in [1.82, 2.24) is 0 Å². The van der Waals surface area contributed by atoms with Gasteiger partial charge < -0.3 is 4.74 Å². The van der Waals surface area contributed by atoms with Gasteiger partial charge in [-0.3, -0.25) is 0 Å². The molecule has 1 aliphatic rings. The standard InChI is InChI=1S/C26H19ClO/c27-22-13-14-24-21(17-22)16-20-9-3-6-12-26(20)28-25-11-5-2-8-19(25)15-18-7-1-4-10-23(18)24/h1-14,17H,15-16H2. The summed E-state index contributed by atoms with van der Waals surface area (Å²) in [5.74, 6) is 1.81. The van der Waals surface area contributed by atoms with E-state index in [1.54, 1.807) is 0 Å². The Morgan fingerprint density at radius 2 is 1.07 bits per heavy atom. The first kappa shape index (κ1) is 17.1. The predicted molar refractivity (Wildman–Crippen MR) is 115 cm³/mol. The molecule has 1 heterocycles. The Bertz CT molecular complexity index is 1160. The number of halogens is 1. The molecule has 0 N–H and O–H groups in total. The highest BCUT2D eigenvalue weighted by Gasteiger charge is 2.17. The Kier molecular flexibility index (Phi) is 4.38. The van der Waals surface area contributed by atoms with Crippen molar-refractivity contribution in [3.63, 3.8) is 0 Å². The predicted octanol–water partition coefficient (Wildman–Crippen LogP) is 7.29. The fourth-order valence-electron chi connectivity index (χ4n) is 3.94. The Hall–Kier alpha value is -3.03. The van der Waals surface area contributed by atoms with E-state index in [1.165, 1.54) is 27.8 Å². The molecule has 1 nitrogen and oxygen atoms in total. The lowest BCUT2D eigenvalue weighted by Gasteiger charge is -2.14. The van der Waals surface area contributed by atoms with Crippen molar-refractivity contribution in [3.05, 3.63) is 118 Å². The lowest BCUT2D eigenvalue weighted by molar-refractivity contribution is 0.472. The molecule has 0 saturated heterocycles. The van der Waals surface area contributed by atoms with E-state index in [0.717, 1.165) is 34.9 Å². The summed E-state index contributed by atoms with van der Waals surface area (Å²) in [5.41, 5.74) is 7.31. The molecule has 0 spiro atoms. The van der Waals surface area contributed by atoms with Gasteiger partial charge in [-0.25, -0.2) is 0 Å². The average Bonchev–Trinajstić information content (AvgIpc) is 2.73. The van der Waals surface area contributed by atoms with Crippen LogP contribution in [0, 0.1) is 0 Å². The lowest BCUT2D eigenvalue weighted by Crippen LogP contribution is -1.96. The van der Waals surface area contributed by atoms with Crippen LogP contribution in [0.4, 0.5) is 0 Å². The van der Waals surface area contributed by atoms with E-state index in [-0.39, 0.29) is 0 Å². The SMILES string of the molecule is Clc1ccc2c(c1)Cc1ccccc1Oc1ccccc1Cc1ccccc1-2. The van der Waals surface area contributed by atoms with Gasteiger partial charge in [-0.05, 0) is 57.6 Å². The lowest BCUT2D eigenvalue weighted by atomic mass is 9.90. The minimum Gasteiger partial charge on any atom is -0.457 e. The van der Waals surface area contributed by atoms with Crippen LogP contribution in [0.2, 0.25) is 5.02 Å². The zero-order valence-electron chi connectivity index (χ0n) is 15.4. The summed E-state index contributed by atoms with van der Waals surface area (Å²) in [4.78, 5) is 0. The van der Waals surface area contributed by atoms with Gasteiger partial charge in [0, 0.05) is 17.9 Å². The summed E-state index contributed by atoms with van der Waals surface area (Å²) in [7, 11) is 0. The first-order chi connectivity index (χ1) is 13.8. The van der Waals surface area contributed by atoms with E-state index in [0.29, 0.717) is 0 Å². The quantitative estimate of drug-likeness (QED) is 0.273. The first-order valence-corrected chi connectivity index (χ1v) is 9.86. The Labute approximate surface area is 170 Å². The molecule has 0 atom stereocenters. The molecule has 2 heteroatoms. The summed E-state index contributed by atoms with van der Waals surface area (Å²) in [6.45, 7) is 0. The number of fused-ring (bicyclic) bond motifs is 5. The maximum absolute atomic E-state index is 6.40. The molecular weight excluding hydrogens is 364 g/mol. The van der Waals surface area contributed by atoms with E-state index < -0.39 is 0 Å². The van der Waals surface area contributed by atoms with E-state index in [4.69, 9.17) is 16.3 Å². The van der Waals surface area contributed by atoms with Crippen molar-refractivity contribution in [2.45, 2.75) is 12.8 Å². The van der Waals surface area contributed by atoms with Crippen molar-refractivity contribution >= 4 is 11.6 Å². The third-order valence-corrected chi connectivity index (χ3v) is 5.54. The van der Waals surface area contributed by atoms with Gasteiger partial charge in [-0.1, -0.05) is 78.3 Å². The van der Waals surface area contributed by atoms with Gasteiger partial charge in [0.2, 0.25) is 0 Å². The molecule has 4 aromatic rings. The molecule has 136 valence electrons. The van der Waals surface area contributed by atoms with Gasteiger partial charge in [0.15, 0.2) is 0 Å². The Morgan fingerprint density at radius 3 is 1.79 bits per heavy atom. The average molecular weight is 383 g/mol. The van der Waals surface area contributed by atoms with Crippen LogP contribution in [0.3, 0.4) is 0 Å². The van der Waals surface area contributed by atoms with Crippen LogP contribution in [-0.2, 0) is 12.8 Å². The molecule has 0 bridgehead atoms. The summed E-state index contributed by atoms with van der Waals surface area (Å²) >= 11 is 6.37. The summed E-state index contributed by atoms with van der Waals surface area (Å²) in [6.07, 6.45) is 1.58. The molecule has 0 radical (unpaired) electrons. The molecule has 4 aromatic carbocycles. The highest BCUT2D eigenvalue weighted by atomic mass is 35.5. The normalized spacial score (nSPS) is 12.5. The van der Waals surface area contributed by atoms with Gasteiger partial charge in [0.05, 0.1) is 0 Å². The molecule has 0 unspecified atom stereocenters. The van der Waals surface area contributed by atoms with E-state index in [1.807, 2.05) is 24.3 Å². The number of para-hydroxylation sites is 2. The van der Waals surface area contributed by atoms with Crippen molar-refractivity contribution in [1.29, 1.82) is 0 Å². The van der Waals surface area contributed by atoms with Crippen LogP contribution in [0.25, 0.3) is 11.1 Å². The Morgan fingerprint density at radius 1 is 0.536 bits per heavy atom. The molecular formula is C26H19ClO. The molecule has 0 aliphatic carbocycles. The van der Waals surface area contributed by atoms with Crippen LogP contribution in [0.15, 0.2) is 91.0 Å². The van der Waals surface area contributed by atoms with E-state index in [9.17, 15) is 0 Å². The summed E-state index contributed by atoms with van der Waals surface area (Å²) in [5, 5.41) is 0.757. The Balaban J connectivity index is 1.79. The number of rotatable bonds is 0. The minimum atomic E-state index is 0.757. The molecule has 1 aliphatic heterocycles. The third-order valence-electron chi connectivity index (χ3n) is 5.30. The van der Waals surface area contributed by atoms with Crippen LogP contribution in [0.1, 0.15) is 22.3 Å². The number of hydrogen-bond acceptors (Lipinski definition) is 1. The molecule has 0 saturated carbocycles. The van der Waals surface area contributed by atoms with Gasteiger partial charge >= 0.3 is 0 Å². The second-order valence-corrected chi connectivity index (χ2v) is 7.57. The van der Waals surface area contributed by atoms with Gasteiger partial charge in [0.25, 0.3) is 0 Å². The second-order valence-electron chi connectivity index (χ2n) is 7.13. The number of benzene rings is 4. The smallest absolute Gasteiger partial charge is 0.130 e. The maximum atomic E-state index is 6.40.